The Hall–Kier alpha value is -2.56. The molecule has 5 nitrogen and oxygen atoms in total. The second-order valence-corrected chi connectivity index (χ2v) is 6.20. The Bertz CT molecular complexity index is 683. The molecule has 1 aromatic carbocycles. The van der Waals surface area contributed by atoms with Gasteiger partial charge in [0, 0.05) is 44.0 Å². The highest BCUT2D eigenvalue weighted by molar-refractivity contribution is 5.79. The highest BCUT2D eigenvalue weighted by Gasteiger charge is 2.07. The number of ether oxygens (including phenoxy) is 1. The fraction of sp³-hybridized carbons (Fsp3) is 0.400. The maximum absolute atomic E-state index is 5.92. The smallest absolute Gasteiger partial charge is 0.191 e. The van der Waals surface area contributed by atoms with E-state index in [2.05, 4.69) is 45.7 Å². The van der Waals surface area contributed by atoms with Crippen LogP contribution >= 0.6 is 0 Å². The molecule has 0 spiro atoms. The van der Waals surface area contributed by atoms with Crippen LogP contribution in [0.3, 0.4) is 0 Å². The Morgan fingerprint density at radius 2 is 2.04 bits per heavy atom. The van der Waals surface area contributed by atoms with Crippen LogP contribution in [0, 0.1) is 6.92 Å². The second-order valence-electron chi connectivity index (χ2n) is 6.20. The molecule has 5 heteroatoms. The van der Waals surface area contributed by atoms with Gasteiger partial charge >= 0.3 is 0 Å². The third-order valence-electron chi connectivity index (χ3n) is 3.65. The first-order chi connectivity index (χ1) is 12.1. The number of hydrogen-bond acceptors (Lipinski definition) is 3. The number of benzene rings is 1. The molecule has 0 bridgehead atoms. The second kappa shape index (κ2) is 9.67. The minimum Gasteiger partial charge on any atom is -0.491 e. The van der Waals surface area contributed by atoms with Gasteiger partial charge in [0.05, 0.1) is 6.10 Å². The summed E-state index contributed by atoms with van der Waals surface area (Å²) in [6.07, 6.45) is 2.82. The van der Waals surface area contributed by atoms with Crippen molar-refractivity contribution in [2.75, 3.05) is 13.6 Å². The van der Waals surface area contributed by atoms with Crippen molar-refractivity contribution in [3.8, 4) is 5.75 Å². The van der Waals surface area contributed by atoms with Gasteiger partial charge in [-0.2, -0.15) is 0 Å². The lowest BCUT2D eigenvalue weighted by Crippen LogP contribution is -2.38. The van der Waals surface area contributed by atoms with Gasteiger partial charge in [-0.25, -0.2) is 0 Å². The molecule has 0 unspecified atom stereocenters. The number of pyridine rings is 1. The predicted molar refractivity (Wildman–Crippen MR) is 103 cm³/mol. The summed E-state index contributed by atoms with van der Waals surface area (Å²) in [5.41, 5.74) is 3.38. The molecule has 1 aromatic heterocycles. The number of guanidine groups is 1. The van der Waals surface area contributed by atoms with Crippen LogP contribution in [0.2, 0.25) is 0 Å². The predicted octanol–water partition coefficient (Wildman–Crippen LogP) is 3.08. The van der Waals surface area contributed by atoms with Crippen molar-refractivity contribution < 1.29 is 4.74 Å². The first kappa shape index (κ1) is 18.8. The fourth-order valence-electron chi connectivity index (χ4n) is 2.43. The number of nitrogens with zero attached hydrogens (tertiary/aromatic N) is 2. The molecule has 0 atom stereocenters. The lowest BCUT2D eigenvalue weighted by Gasteiger charge is -2.17. The van der Waals surface area contributed by atoms with E-state index in [9.17, 15) is 0 Å². The van der Waals surface area contributed by atoms with Gasteiger partial charge in [0.15, 0.2) is 5.96 Å². The normalized spacial score (nSPS) is 11.5. The van der Waals surface area contributed by atoms with Crippen LogP contribution in [0.4, 0.5) is 0 Å². The fourth-order valence-corrected chi connectivity index (χ4v) is 2.43. The Morgan fingerprint density at radius 1 is 1.20 bits per heavy atom. The summed E-state index contributed by atoms with van der Waals surface area (Å²) >= 11 is 0. The van der Waals surface area contributed by atoms with Crippen LogP contribution < -0.4 is 15.4 Å². The molecule has 134 valence electrons. The minimum absolute atomic E-state index is 0.149. The summed E-state index contributed by atoms with van der Waals surface area (Å²) in [6, 6.07) is 12.2. The molecule has 0 aliphatic heterocycles. The molecule has 0 amide bonds. The molecule has 2 N–H and O–H groups in total. The summed E-state index contributed by atoms with van der Waals surface area (Å²) in [6.45, 7) is 7.59. The van der Waals surface area contributed by atoms with Gasteiger partial charge in [0.25, 0.3) is 0 Å². The standard InChI is InChI=1S/C20H28N4O/c1-15(2)25-19-13-16(3)8-9-17(19)14-24-20(21-4)23-12-10-18-7-5-6-11-22-18/h5-9,11,13,15H,10,12,14H2,1-4H3,(H2,21,23,24). The van der Waals surface area contributed by atoms with Crippen LogP contribution in [0.5, 0.6) is 5.75 Å². The van der Waals surface area contributed by atoms with E-state index >= 15 is 0 Å². The molecule has 0 saturated carbocycles. The first-order valence-electron chi connectivity index (χ1n) is 8.69. The Balaban J connectivity index is 1.88. The third-order valence-corrected chi connectivity index (χ3v) is 3.65. The van der Waals surface area contributed by atoms with Gasteiger partial charge in [-0.15, -0.1) is 0 Å². The summed E-state index contributed by atoms with van der Waals surface area (Å²) < 4.78 is 5.92. The van der Waals surface area contributed by atoms with E-state index < -0.39 is 0 Å². The van der Waals surface area contributed by atoms with Crippen LogP contribution in [0.15, 0.2) is 47.6 Å². The van der Waals surface area contributed by atoms with Gasteiger partial charge in [-0.05, 0) is 44.5 Å². The van der Waals surface area contributed by atoms with Crippen molar-refractivity contribution in [2.24, 2.45) is 4.99 Å². The number of aliphatic imine (C=N–C) groups is 1. The zero-order valence-corrected chi connectivity index (χ0v) is 15.5. The van der Waals surface area contributed by atoms with Crippen LogP contribution in [-0.4, -0.2) is 30.6 Å². The van der Waals surface area contributed by atoms with Crippen molar-refractivity contribution >= 4 is 5.96 Å². The average molecular weight is 340 g/mol. The van der Waals surface area contributed by atoms with Gasteiger partial charge < -0.3 is 15.4 Å². The number of aromatic nitrogens is 1. The molecular formula is C20H28N4O. The van der Waals surface area contributed by atoms with Crippen LogP contribution in [-0.2, 0) is 13.0 Å². The summed E-state index contributed by atoms with van der Waals surface area (Å²) in [7, 11) is 1.77. The zero-order valence-electron chi connectivity index (χ0n) is 15.5. The molecule has 2 rings (SSSR count). The topological polar surface area (TPSA) is 58.5 Å². The summed E-state index contributed by atoms with van der Waals surface area (Å²) in [5, 5.41) is 6.66. The highest BCUT2D eigenvalue weighted by atomic mass is 16.5. The SMILES string of the molecule is CN=C(NCCc1ccccn1)NCc1ccc(C)cc1OC(C)C. The molecule has 0 radical (unpaired) electrons. The molecule has 25 heavy (non-hydrogen) atoms. The Labute approximate surface area is 150 Å². The van der Waals surface area contributed by atoms with E-state index in [4.69, 9.17) is 4.74 Å². The maximum atomic E-state index is 5.92. The quantitative estimate of drug-likeness (QED) is 0.601. The molecular weight excluding hydrogens is 312 g/mol. The maximum Gasteiger partial charge on any atom is 0.191 e. The van der Waals surface area contributed by atoms with Gasteiger partial charge in [-0.3, -0.25) is 9.98 Å². The number of nitrogens with one attached hydrogen (secondary N) is 2. The largest absolute Gasteiger partial charge is 0.491 e. The monoisotopic (exact) mass is 340 g/mol. The van der Waals surface area contributed by atoms with Gasteiger partial charge in [-0.1, -0.05) is 18.2 Å². The molecule has 1 heterocycles. The van der Waals surface area contributed by atoms with Crippen molar-refractivity contribution in [2.45, 2.75) is 39.8 Å². The molecule has 0 saturated heterocycles. The first-order valence-corrected chi connectivity index (χ1v) is 8.69. The van der Waals surface area contributed by atoms with Crippen molar-refractivity contribution in [1.82, 2.24) is 15.6 Å². The third kappa shape index (κ3) is 6.45. The van der Waals surface area contributed by atoms with E-state index in [1.807, 2.05) is 38.2 Å². The van der Waals surface area contributed by atoms with E-state index in [0.717, 1.165) is 35.9 Å². The van der Waals surface area contributed by atoms with Crippen molar-refractivity contribution in [3.63, 3.8) is 0 Å². The zero-order chi connectivity index (χ0) is 18.1. The summed E-state index contributed by atoms with van der Waals surface area (Å²) in [5.74, 6) is 1.69. The van der Waals surface area contributed by atoms with Crippen molar-refractivity contribution in [3.05, 3.63) is 59.4 Å². The number of hydrogen-bond donors (Lipinski definition) is 2. The van der Waals surface area contributed by atoms with E-state index in [-0.39, 0.29) is 6.10 Å². The summed E-state index contributed by atoms with van der Waals surface area (Å²) in [4.78, 5) is 8.60. The molecule has 0 aliphatic carbocycles. The Morgan fingerprint density at radius 3 is 2.72 bits per heavy atom. The number of aryl methyl sites for hydroxylation is 1. The highest BCUT2D eigenvalue weighted by Crippen LogP contribution is 2.21. The Kier molecular flexibility index (Phi) is 7.26. The van der Waals surface area contributed by atoms with Gasteiger partial charge in [0.1, 0.15) is 5.75 Å². The molecule has 2 aromatic rings. The van der Waals surface area contributed by atoms with Crippen molar-refractivity contribution in [1.29, 1.82) is 0 Å². The minimum atomic E-state index is 0.149. The lowest BCUT2D eigenvalue weighted by molar-refractivity contribution is 0.239. The van der Waals surface area contributed by atoms with E-state index in [0.29, 0.717) is 6.54 Å². The van der Waals surface area contributed by atoms with Crippen LogP contribution in [0.25, 0.3) is 0 Å². The number of rotatable bonds is 7. The lowest BCUT2D eigenvalue weighted by atomic mass is 10.1. The van der Waals surface area contributed by atoms with Gasteiger partial charge in [0.2, 0.25) is 0 Å². The van der Waals surface area contributed by atoms with E-state index in [1.165, 1.54) is 5.56 Å². The average Bonchev–Trinajstić information content (AvgIpc) is 2.59. The molecule has 0 aliphatic rings. The molecule has 0 fully saturated rings. The van der Waals surface area contributed by atoms with Crippen LogP contribution in [0.1, 0.15) is 30.7 Å². The van der Waals surface area contributed by atoms with E-state index in [1.54, 1.807) is 7.05 Å².